The van der Waals surface area contributed by atoms with Gasteiger partial charge in [-0.1, -0.05) is 36.4 Å². The van der Waals surface area contributed by atoms with Crippen LogP contribution in [0.4, 0.5) is 10.8 Å². The quantitative estimate of drug-likeness (QED) is 0.0899. The number of amides is 3. The van der Waals surface area contributed by atoms with Crippen LogP contribution in [0.3, 0.4) is 0 Å². The second-order valence-electron chi connectivity index (χ2n) is 10.1. The fourth-order valence-corrected chi connectivity index (χ4v) is 5.95. The van der Waals surface area contributed by atoms with Crippen LogP contribution in [0, 0.1) is 0 Å². The Morgan fingerprint density at radius 1 is 0.812 bits per heavy atom. The number of benzene rings is 4. The topological polar surface area (TPSA) is 128 Å². The van der Waals surface area contributed by atoms with Crippen molar-refractivity contribution in [2.24, 2.45) is 0 Å². The van der Waals surface area contributed by atoms with Gasteiger partial charge in [-0.2, -0.15) is 0 Å². The lowest BCUT2D eigenvalue weighted by molar-refractivity contribution is -0.114. The molecule has 3 N–H and O–H groups in total. The summed E-state index contributed by atoms with van der Waals surface area (Å²) in [6.45, 7) is 0. The summed E-state index contributed by atoms with van der Waals surface area (Å²) in [5, 5.41) is 10.8. The highest BCUT2D eigenvalue weighted by atomic mass is 32.2. The molecule has 12 heteroatoms. The third-order valence-corrected chi connectivity index (χ3v) is 8.59. The molecule has 0 spiro atoms. The third kappa shape index (κ3) is 9.02. The van der Waals surface area contributed by atoms with Crippen LogP contribution in [0.2, 0.25) is 0 Å². The standard InChI is InChI=1S/C36H32N4O6S2/c1-44-27-13-7-11-24(17-27)31-21-48-36(39-31)40-33(41)22-47-29-14-8-12-26(20-29)37-35(43)30(38-34(42)23-9-5-4-6-10-23)19-25-18-28(45-2)15-16-32(25)46-3/h4-21H,22H2,1-3H3,(H,37,43)(H,38,42)(H,39,40,41)/b30-19+. The number of thiazole rings is 1. The Balaban J connectivity index is 1.26. The summed E-state index contributed by atoms with van der Waals surface area (Å²) in [5.41, 5.74) is 3.01. The monoisotopic (exact) mass is 680 g/mol. The first-order valence-corrected chi connectivity index (χ1v) is 16.5. The molecule has 1 heterocycles. The zero-order chi connectivity index (χ0) is 33.9. The smallest absolute Gasteiger partial charge is 0.272 e. The van der Waals surface area contributed by atoms with E-state index in [0.717, 1.165) is 21.9 Å². The van der Waals surface area contributed by atoms with Gasteiger partial charge in [0.2, 0.25) is 5.91 Å². The predicted octanol–water partition coefficient (Wildman–Crippen LogP) is 6.98. The molecule has 1 aromatic heterocycles. The van der Waals surface area contributed by atoms with Gasteiger partial charge < -0.3 is 30.2 Å². The Bertz CT molecular complexity index is 1940. The van der Waals surface area contributed by atoms with Gasteiger partial charge >= 0.3 is 0 Å². The molecule has 0 saturated heterocycles. The summed E-state index contributed by atoms with van der Waals surface area (Å²) in [6.07, 6.45) is 1.53. The van der Waals surface area contributed by atoms with Gasteiger partial charge in [0.25, 0.3) is 11.8 Å². The fourth-order valence-electron chi connectivity index (χ4n) is 4.46. The minimum Gasteiger partial charge on any atom is -0.497 e. The van der Waals surface area contributed by atoms with Crippen LogP contribution >= 0.6 is 23.1 Å². The Hall–Kier alpha value is -5.59. The summed E-state index contributed by atoms with van der Waals surface area (Å²) in [5.74, 6) is 0.659. The maximum Gasteiger partial charge on any atom is 0.272 e. The Labute approximate surface area is 286 Å². The molecule has 0 atom stereocenters. The molecule has 0 bridgehead atoms. The molecule has 0 aliphatic carbocycles. The summed E-state index contributed by atoms with van der Waals surface area (Å²) in [4.78, 5) is 44.7. The van der Waals surface area contributed by atoms with E-state index in [-0.39, 0.29) is 17.4 Å². The third-order valence-electron chi connectivity index (χ3n) is 6.84. The Morgan fingerprint density at radius 3 is 2.35 bits per heavy atom. The molecule has 3 amide bonds. The lowest BCUT2D eigenvalue weighted by atomic mass is 10.1. The van der Waals surface area contributed by atoms with Crippen molar-refractivity contribution in [1.29, 1.82) is 0 Å². The molecule has 0 saturated carbocycles. The van der Waals surface area contributed by atoms with Crippen molar-refractivity contribution in [3.05, 3.63) is 119 Å². The molecular formula is C36H32N4O6S2. The minimum atomic E-state index is -0.556. The maximum atomic E-state index is 13.6. The molecule has 0 aliphatic heterocycles. The van der Waals surface area contributed by atoms with E-state index in [2.05, 4.69) is 20.9 Å². The first-order chi connectivity index (χ1) is 23.3. The molecule has 244 valence electrons. The van der Waals surface area contributed by atoms with E-state index in [9.17, 15) is 14.4 Å². The van der Waals surface area contributed by atoms with E-state index in [1.165, 1.54) is 43.4 Å². The minimum absolute atomic E-state index is 0.00963. The van der Waals surface area contributed by atoms with Crippen molar-refractivity contribution in [1.82, 2.24) is 10.3 Å². The molecule has 0 aliphatic rings. The van der Waals surface area contributed by atoms with Gasteiger partial charge in [0, 0.05) is 32.7 Å². The number of nitrogens with zero attached hydrogens (tertiary/aromatic N) is 1. The molecule has 5 aromatic rings. The fraction of sp³-hybridized carbons (Fsp3) is 0.111. The van der Waals surface area contributed by atoms with Crippen molar-refractivity contribution in [3.63, 3.8) is 0 Å². The van der Waals surface area contributed by atoms with Gasteiger partial charge in [0.1, 0.15) is 22.9 Å². The normalized spacial score (nSPS) is 10.9. The van der Waals surface area contributed by atoms with Gasteiger partial charge in [0.05, 0.1) is 32.8 Å². The number of hydrogen-bond acceptors (Lipinski definition) is 9. The number of methoxy groups -OCH3 is 3. The predicted molar refractivity (Wildman–Crippen MR) is 190 cm³/mol. The van der Waals surface area contributed by atoms with Gasteiger partial charge in [-0.3, -0.25) is 14.4 Å². The average molecular weight is 681 g/mol. The number of aromatic nitrogens is 1. The molecule has 5 rings (SSSR count). The van der Waals surface area contributed by atoms with Crippen LogP contribution in [0.5, 0.6) is 17.2 Å². The number of thioether (sulfide) groups is 1. The molecule has 0 radical (unpaired) electrons. The highest BCUT2D eigenvalue weighted by molar-refractivity contribution is 8.00. The van der Waals surface area contributed by atoms with Crippen molar-refractivity contribution < 1.29 is 28.6 Å². The van der Waals surface area contributed by atoms with Crippen LogP contribution in [0.25, 0.3) is 17.3 Å². The van der Waals surface area contributed by atoms with Crippen LogP contribution < -0.4 is 30.2 Å². The molecule has 48 heavy (non-hydrogen) atoms. The maximum absolute atomic E-state index is 13.6. The van der Waals surface area contributed by atoms with Crippen LogP contribution in [0.1, 0.15) is 15.9 Å². The largest absolute Gasteiger partial charge is 0.497 e. The highest BCUT2D eigenvalue weighted by Crippen LogP contribution is 2.29. The van der Waals surface area contributed by atoms with Crippen molar-refractivity contribution >= 4 is 57.7 Å². The number of ether oxygens (including phenoxy) is 3. The summed E-state index contributed by atoms with van der Waals surface area (Å²) < 4.78 is 16.1. The van der Waals surface area contributed by atoms with Crippen molar-refractivity contribution in [3.8, 4) is 28.5 Å². The zero-order valence-corrected chi connectivity index (χ0v) is 27.9. The first-order valence-electron chi connectivity index (χ1n) is 14.6. The molecule has 4 aromatic carbocycles. The second kappa shape index (κ2) is 16.3. The Morgan fingerprint density at radius 2 is 1.58 bits per heavy atom. The summed E-state index contributed by atoms with van der Waals surface area (Å²) in [7, 11) is 4.66. The molecule has 10 nitrogen and oxygen atoms in total. The van der Waals surface area contributed by atoms with Gasteiger partial charge in [-0.05, 0) is 66.7 Å². The summed E-state index contributed by atoms with van der Waals surface area (Å²) in [6, 6.07) is 28.4. The molecule has 0 unspecified atom stereocenters. The van der Waals surface area contributed by atoms with E-state index in [0.29, 0.717) is 33.4 Å². The van der Waals surface area contributed by atoms with Crippen LogP contribution in [-0.4, -0.2) is 49.8 Å². The number of carbonyl (C=O) groups excluding carboxylic acids is 3. The average Bonchev–Trinajstić information content (AvgIpc) is 3.59. The van der Waals surface area contributed by atoms with Gasteiger partial charge in [0.15, 0.2) is 5.13 Å². The van der Waals surface area contributed by atoms with Crippen molar-refractivity contribution in [2.45, 2.75) is 4.90 Å². The van der Waals surface area contributed by atoms with E-state index >= 15 is 0 Å². The van der Waals surface area contributed by atoms with Gasteiger partial charge in [-0.25, -0.2) is 4.98 Å². The lowest BCUT2D eigenvalue weighted by Gasteiger charge is -2.13. The molecular weight excluding hydrogens is 649 g/mol. The van der Waals surface area contributed by atoms with E-state index in [1.807, 2.05) is 35.7 Å². The van der Waals surface area contributed by atoms with E-state index < -0.39 is 11.8 Å². The number of rotatable bonds is 13. The SMILES string of the molecule is COc1cccc(-c2csc(NC(=O)CSc3cccc(NC(=O)/C(=C\c4cc(OC)ccc4OC)NC(=O)c4ccccc4)c3)n2)c1. The van der Waals surface area contributed by atoms with Gasteiger partial charge in [-0.15, -0.1) is 23.1 Å². The molecule has 0 fully saturated rings. The van der Waals surface area contributed by atoms with E-state index in [4.69, 9.17) is 14.2 Å². The van der Waals surface area contributed by atoms with E-state index in [1.54, 1.807) is 73.8 Å². The zero-order valence-electron chi connectivity index (χ0n) is 26.3. The second-order valence-corrected chi connectivity index (χ2v) is 12.0. The number of hydrogen-bond donors (Lipinski definition) is 3. The highest BCUT2D eigenvalue weighted by Gasteiger charge is 2.17. The van der Waals surface area contributed by atoms with Crippen LogP contribution in [-0.2, 0) is 9.59 Å². The van der Waals surface area contributed by atoms with Crippen molar-refractivity contribution in [2.75, 3.05) is 37.7 Å². The number of carbonyl (C=O) groups is 3. The number of nitrogens with one attached hydrogen (secondary N) is 3. The lowest BCUT2D eigenvalue weighted by Crippen LogP contribution is -2.30. The summed E-state index contributed by atoms with van der Waals surface area (Å²) >= 11 is 2.64. The Kier molecular flexibility index (Phi) is 11.5. The first kappa shape index (κ1) is 33.8. The number of anilines is 2. The van der Waals surface area contributed by atoms with Crippen LogP contribution in [0.15, 0.2) is 113 Å².